The molecule has 1 aliphatic carbocycles. The molecule has 0 unspecified atom stereocenters. The van der Waals surface area contributed by atoms with Crippen LogP contribution in [0.2, 0.25) is 0 Å². The Balaban J connectivity index is 1.43. The van der Waals surface area contributed by atoms with E-state index in [-0.39, 0.29) is 30.4 Å². The zero-order chi connectivity index (χ0) is 26.1. The number of hydrogen-bond donors (Lipinski definition) is 2. The van der Waals surface area contributed by atoms with E-state index in [0.717, 1.165) is 22.1 Å². The van der Waals surface area contributed by atoms with Gasteiger partial charge in [0, 0.05) is 18.3 Å². The fraction of sp³-hybridized carbons (Fsp3) is 0.429. The molecule has 1 aliphatic rings. The van der Waals surface area contributed by atoms with E-state index < -0.39 is 34.2 Å². The van der Waals surface area contributed by atoms with Crippen molar-refractivity contribution in [2.45, 2.75) is 38.1 Å². The minimum atomic E-state index is -4.53. The van der Waals surface area contributed by atoms with Crippen molar-refractivity contribution in [3.05, 3.63) is 63.6 Å². The standard InChI is InChI=1S/C21H22F3N5O5S2/c22-21(23,24)19-1-2-29(28-19)8-13-6-18(35-10-13)20(31)15-7-26-11-27-16(15)4-12-3-14(17(30)5-12)9-34-36(25,32)33/h1-2,6-7,10-12,14,17,30H,3-5,8-9H2,(H2,25,32,33)/t12-,14+,17-/m0/s1. The van der Waals surface area contributed by atoms with Crippen molar-refractivity contribution in [3.63, 3.8) is 0 Å². The van der Waals surface area contributed by atoms with E-state index in [1.807, 2.05) is 0 Å². The molecule has 3 atom stereocenters. The molecular formula is C21H22F3N5O5S2. The summed E-state index contributed by atoms with van der Waals surface area (Å²) < 4.78 is 66.1. The lowest BCUT2D eigenvalue weighted by molar-refractivity contribution is -0.141. The van der Waals surface area contributed by atoms with Crippen LogP contribution in [0, 0.1) is 11.8 Å². The summed E-state index contributed by atoms with van der Waals surface area (Å²) in [6, 6.07) is 2.48. The average molecular weight is 546 g/mol. The van der Waals surface area contributed by atoms with E-state index in [2.05, 4.69) is 19.2 Å². The van der Waals surface area contributed by atoms with Crippen molar-refractivity contribution in [3.8, 4) is 0 Å². The first kappa shape index (κ1) is 26.3. The highest BCUT2D eigenvalue weighted by atomic mass is 32.2. The van der Waals surface area contributed by atoms with Crippen molar-refractivity contribution in [1.82, 2.24) is 19.7 Å². The minimum absolute atomic E-state index is 0.0694. The van der Waals surface area contributed by atoms with Gasteiger partial charge in [0.1, 0.15) is 6.33 Å². The number of halogens is 3. The number of aliphatic hydroxyl groups is 1. The summed E-state index contributed by atoms with van der Waals surface area (Å²) in [5, 5.41) is 20.3. The zero-order valence-electron chi connectivity index (χ0n) is 18.6. The molecule has 0 saturated heterocycles. The second-order valence-electron chi connectivity index (χ2n) is 8.57. The first-order valence-corrected chi connectivity index (χ1v) is 13.1. The van der Waals surface area contributed by atoms with Gasteiger partial charge in [0.25, 0.3) is 0 Å². The molecule has 0 aromatic carbocycles. The number of aliphatic hydroxyl groups excluding tert-OH is 1. The summed E-state index contributed by atoms with van der Waals surface area (Å²) >= 11 is 1.15. The number of alkyl halides is 3. The highest BCUT2D eigenvalue weighted by Crippen LogP contribution is 2.34. The quantitative estimate of drug-likeness (QED) is 0.389. The molecule has 0 amide bonds. The molecule has 1 fully saturated rings. The zero-order valence-corrected chi connectivity index (χ0v) is 20.3. The number of ketones is 1. The van der Waals surface area contributed by atoms with Crippen LogP contribution in [0.1, 0.15) is 45.0 Å². The Morgan fingerprint density at radius 1 is 1.33 bits per heavy atom. The van der Waals surface area contributed by atoms with Gasteiger partial charge in [-0.2, -0.15) is 26.7 Å². The summed E-state index contributed by atoms with van der Waals surface area (Å²) in [6.45, 7) is -0.162. The summed E-state index contributed by atoms with van der Waals surface area (Å²) in [4.78, 5) is 21.8. The molecule has 0 bridgehead atoms. The van der Waals surface area contributed by atoms with Gasteiger partial charge in [0.15, 0.2) is 5.69 Å². The summed E-state index contributed by atoms with van der Waals surface area (Å²) in [7, 11) is -4.11. The van der Waals surface area contributed by atoms with Crippen LogP contribution in [0.3, 0.4) is 0 Å². The maximum atomic E-state index is 13.2. The Morgan fingerprint density at radius 3 is 2.81 bits per heavy atom. The SMILES string of the molecule is NS(=O)(=O)OC[C@H]1C[C@@H](Cc2ncncc2C(=O)c2cc(Cn3ccc(C(F)(F)F)n3)cs2)C[C@@H]1O. The van der Waals surface area contributed by atoms with Crippen LogP contribution in [0.15, 0.2) is 36.2 Å². The van der Waals surface area contributed by atoms with Gasteiger partial charge >= 0.3 is 16.5 Å². The highest BCUT2D eigenvalue weighted by molar-refractivity contribution is 7.84. The van der Waals surface area contributed by atoms with Crippen LogP contribution in [0.5, 0.6) is 0 Å². The molecule has 3 N–H and O–H groups in total. The molecule has 1 saturated carbocycles. The van der Waals surface area contributed by atoms with Gasteiger partial charge in [-0.25, -0.2) is 15.1 Å². The predicted octanol–water partition coefficient (Wildman–Crippen LogP) is 2.18. The summed E-state index contributed by atoms with van der Waals surface area (Å²) in [5.41, 5.74) is 0.394. The lowest BCUT2D eigenvalue weighted by Crippen LogP contribution is -2.24. The molecule has 0 radical (unpaired) electrons. The Hall–Kier alpha value is -2.72. The molecule has 0 aliphatic heterocycles. The van der Waals surface area contributed by atoms with Gasteiger partial charge in [-0.05, 0) is 48.3 Å². The third-order valence-electron chi connectivity index (χ3n) is 5.88. The number of nitrogens with zero attached hydrogens (tertiary/aromatic N) is 4. The molecule has 194 valence electrons. The lowest BCUT2D eigenvalue weighted by Gasteiger charge is -2.13. The number of rotatable bonds is 9. The van der Waals surface area contributed by atoms with Crippen LogP contribution in [0.4, 0.5) is 13.2 Å². The number of hydrogen-bond acceptors (Lipinski definition) is 9. The fourth-order valence-corrected chi connectivity index (χ4v) is 5.44. The van der Waals surface area contributed by atoms with Crippen molar-refractivity contribution >= 4 is 27.4 Å². The van der Waals surface area contributed by atoms with E-state index in [1.165, 1.54) is 18.7 Å². The van der Waals surface area contributed by atoms with Crippen LogP contribution in [0.25, 0.3) is 0 Å². The monoisotopic (exact) mass is 545 g/mol. The van der Waals surface area contributed by atoms with Gasteiger partial charge in [-0.3, -0.25) is 13.7 Å². The smallest absolute Gasteiger partial charge is 0.393 e. The molecule has 36 heavy (non-hydrogen) atoms. The maximum Gasteiger partial charge on any atom is 0.435 e. The van der Waals surface area contributed by atoms with Gasteiger partial charge in [-0.1, -0.05) is 0 Å². The summed E-state index contributed by atoms with van der Waals surface area (Å²) in [5.74, 6) is -0.822. The fourth-order valence-electron chi connectivity index (χ4n) is 4.22. The first-order valence-electron chi connectivity index (χ1n) is 10.8. The number of nitrogens with two attached hydrogens (primary N) is 1. The average Bonchev–Trinajstić information content (AvgIpc) is 3.52. The molecule has 10 nitrogen and oxygen atoms in total. The van der Waals surface area contributed by atoms with Gasteiger partial charge in [0.05, 0.1) is 35.4 Å². The van der Waals surface area contributed by atoms with Crippen molar-refractivity contribution in [1.29, 1.82) is 0 Å². The molecule has 4 rings (SSSR count). The largest absolute Gasteiger partial charge is 0.435 e. The normalized spacial score (nSPS) is 20.6. The Kier molecular flexibility index (Phi) is 7.56. The number of carbonyl (C=O) groups is 1. The van der Waals surface area contributed by atoms with Crippen molar-refractivity contribution in [2.75, 3.05) is 6.61 Å². The molecule has 3 heterocycles. The Morgan fingerprint density at radius 2 is 2.11 bits per heavy atom. The van der Waals surface area contributed by atoms with E-state index in [0.29, 0.717) is 35.4 Å². The van der Waals surface area contributed by atoms with E-state index >= 15 is 0 Å². The second-order valence-corrected chi connectivity index (χ2v) is 10.7. The van der Waals surface area contributed by atoms with E-state index in [4.69, 9.17) is 5.14 Å². The molecule has 15 heteroatoms. The maximum absolute atomic E-state index is 13.2. The molecule has 0 spiro atoms. The third-order valence-corrected chi connectivity index (χ3v) is 7.32. The predicted molar refractivity (Wildman–Crippen MR) is 121 cm³/mol. The minimum Gasteiger partial charge on any atom is -0.393 e. The summed E-state index contributed by atoms with van der Waals surface area (Å²) in [6.07, 6.45) is -0.173. The Labute approximate surface area is 208 Å². The molecular weight excluding hydrogens is 523 g/mol. The van der Waals surface area contributed by atoms with Crippen LogP contribution >= 0.6 is 11.3 Å². The molecule has 3 aromatic rings. The van der Waals surface area contributed by atoms with E-state index in [1.54, 1.807) is 11.4 Å². The van der Waals surface area contributed by atoms with Crippen LogP contribution in [-0.2, 0) is 33.6 Å². The Bertz CT molecular complexity index is 1340. The number of aromatic nitrogens is 4. The first-order chi connectivity index (χ1) is 16.9. The lowest BCUT2D eigenvalue weighted by atomic mass is 9.96. The van der Waals surface area contributed by atoms with Crippen LogP contribution < -0.4 is 5.14 Å². The van der Waals surface area contributed by atoms with Crippen molar-refractivity contribution < 1.29 is 35.7 Å². The highest BCUT2D eigenvalue weighted by Gasteiger charge is 2.35. The van der Waals surface area contributed by atoms with E-state index in [9.17, 15) is 31.5 Å². The number of thiophene rings is 1. The van der Waals surface area contributed by atoms with Crippen LogP contribution in [-0.4, -0.2) is 51.8 Å². The second kappa shape index (κ2) is 10.3. The molecule has 3 aromatic heterocycles. The number of carbonyl (C=O) groups excluding carboxylic acids is 1. The van der Waals surface area contributed by atoms with Gasteiger partial charge in [0.2, 0.25) is 5.78 Å². The van der Waals surface area contributed by atoms with Gasteiger partial charge < -0.3 is 5.11 Å². The van der Waals surface area contributed by atoms with Gasteiger partial charge in [-0.15, -0.1) is 11.3 Å². The van der Waals surface area contributed by atoms with Crippen molar-refractivity contribution in [2.24, 2.45) is 17.0 Å². The third kappa shape index (κ3) is 6.53. The topological polar surface area (TPSA) is 150 Å².